The molecule has 4 nitrogen and oxygen atoms in total. The standard InChI is InChI=1S/C12H10N2O2S/c15-11-3-5-14(12(16)13-11)9-1-2-10-8(7-9)4-6-17-10/h1-2,4,6-7H,3,5H2,(H,13,15,16). The van der Waals surface area contributed by atoms with E-state index >= 15 is 0 Å². The summed E-state index contributed by atoms with van der Waals surface area (Å²) in [6.07, 6.45) is 0.355. The van der Waals surface area contributed by atoms with Crippen LogP contribution in [-0.2, 0) is 4.79 Å². The van der Waals surface area contributed by atoms with Crippen LogP contribution >= 0.6 is 11.3 Å². The Morgan fingerprint density at radius 1 is 1.24 bits per heavy atom. The Bertz CT molecular complexity index is 605. The number of hydrogen-bond acceptors (Lipinski definition) is 3. The summed E-state index contributed by atoms with van der Waals surface area (Å²) in [5.41, 5.74) is 0.834. The van der Waals surface area contributed by atoms with Gasteiger partial charge in [0.15, 0.2) is 0 Å². The predicted molar refractivity (Wildman–Crippen MR) is 67.3 cm³/mol. The maximum atomic E-state index is 11.7. The first-order chi connectivity index (χ1) is 8.24. The summed E-state index contributed by atoms with van der Waals surface area (Å²) in [4.78, 5) is 24.3. The second-order valence-corrected chi connectivity index (χ2v) is 4.85. The maximum absolute atomic E-state index is 11.7. The number of carbonyl (C=O) groups excluding carboxylic acids is 2. The molecule has 0 spiro atoms. The van der Waals surface area contributed by atoms with Gasteiger partial charge in [0.1, 0.15) is 0 Å². The molecular weight excluding hydrogens is 236 g/mol. The predicted octanol–water partition coefficient (Wildman–Crippen LogP) is 2.35. The summed E-state index contributed by atoms with van der Waals surface area (Å²) >= 11 is 1.67. The van der Waals surface area contributed by atoms with E-state index in [9.17, 15) is 9.59 Å². The SMILES string of the molecule is O=C1CCN(c2ccc3sccc3c2)C(=O)N1. The van der Waals surface area contributed by atoms with E-state index in [0.717, 1.165) is 11.1 Å². The van der Waals surface area contributed by atoms with Crippen molar-refractivity contribution in [1.82, 2.24) is 5.32 Å². The Hall–Kier alpha value is -1.88. The highest BCUT2D eigenvalue weighted by atomic mass is 32.1. The molecule has 5 heteroatoms. The molecule has 1 N–H and O–H groups in total. The Balaban J connectivity index is 1.97. The Kier molecular flexibility index (Phi) is 2.33. The number of hydrogen-bond donors (Lipinski definition) is 1. The average Bonchev–Trinajstić information content (AvgIpc) is 2.75. The molecular formula is C12H10N2O2S. The van der Waals surface area contributed by atoms with E-state index in [-0.39, 0.29) is 11.9 Å². The monoisotopic (exact) mass is 246 g/mol. The van der Waals surface area contributed by atoms with Gasteiger partial charge in [-0.1, -0.05) is 0 Å². The molecule has 1 aliphatic rings. The lowest BCUT2D eigenvalue weighted by atomic mass is 10.2. The number of carbonyl (C=O) groups is 2. The average molecular weight is 246 g/mol. The summed E-state index contributed by atoms with van der Waals surface area (Å²) in [6.45, 7) is 0.445. The van der Waals surface area contributed by atoms with Crippen LogP contribution in [0.25, 0.3) is 10.1 Å². The van der Waals surface area contributed by atoms with Crippen LogP contribution in [0.4, 0.5) is 10.5 Å². The summed E-state index contributed by atoms with van der Waals surface area (Å²) < 4.78 is 1.20. The van der Waals surface area contributed by atoms with Gasteiger partial charge in [0, 0.05) is 23.4 Å². The molecule has 0 atom stereocenters. The van der Waals surface area contributed by atoms with Gasteiger partial charge in [-0.05, 0) is 35.0 Å². The molecule has 86 valence electrons. The number of anilines is 1. The maximum Gasteiger partial charge on any atom is 0.328 e. The minimum atomic E-state index is -0.337. The second kappa shape index (κ2) is 3.85. The number of benzene rings is 1. The van der Waals surface area contributed by atoms with Crippen LogP contribution in [0.15, 0.2) is 29.6 Å². The van der Waals surface area contributed by atoms with Gasteiger partial charge in [-0.15, -0.1) is 11.3 Å². The summed E-state index contributed by atoms with van der Waals surface area (Å²) in [6, 6.07) is 7.57. The second-order valence-electron chi connectivity index (χ2n) is 3.90. The van der Waals surface area contributed by atoms with Crippen LogP contribution in [-0.4, -0.2) is 18.5 Å². The van der Waals surface area contributed by atoms with Gasteiger partial charge in [0.2, 0.25) is 5.91 Å². The van der Waals surface area contributed by atoms with Crippen molar-refractivity contribution in [3.8, 4) is 0 Å². The number of amides is 3. The lowest BCUT2D eigenvalue weighted by Gasteiger charge is -2.26. The van der Waals surface area contributed by atoms with Crippen LogP contribution in [0.3, 0.4) is 0 Å². The Labute approximate surface area is 102 Å². The third-order valence-corrected chi connectivity index (χ3v) is 3.70. The molecule has 2 aromatic rings. The smallest absolute Gasteiger partial charge is 0.294 e. The summed E-state index contributed by atoms with van der Waals surface area (Å²) in [7, 11) is 0. The van der Waals surface area contributed by atoms with Crippen molar-refractivity contribution in [2.24, 2.45) is 0 Å². The molecule has 1 aromatic heterocycles. The van der Waals surface area contributed by atoms with Crippen molar-refractivity contribution in [3.63, 3.8) is 0 Å². The third-order valence-electron chi connectivity index (χ3n) is 2.80. The van der Waals surface area contributed by atoms with E-state index in [4.69, 9.17) is 0 Å². The van der Waals surface area contributed by atoms with Gasteiger partial charge in [-0.25, -0.2) is 4.79 Å². The molecule has 0 radical (unpaired) electrons. The largest absolute Gasteiger partial charge is 0.328 e. The van der Waals surface area contributed by atoms with Crippen molar-refractivity contribution >= 4 is 39.0 Å². The molecule has 1 fully saturated rings. The van der Waals surface area contributed by atoms with E-state index < -0.39 is 0 Å². The zero-order valence-corrected chi connectivity index (χ0v) is 9.79. The van der Waals surface area contributed by atoms with Crippen LogP contribution in [0.5, 0.6) is 0 Å². The van der Waals surface area contributed by atoms with Crippen LogP contribution in [0, 0.1) is 0 Å². The van der Waals surface area contributed by atoms with Crippen molar-refractivity contribution in [1.29, 1.82) is 0 Å². The first-order valence-corrected chi connectivity index (χ1v) is 6.20. The van der Waals surface area contributed by atoms with Gasteiger partial charge >= 0.3 is 6.03 Å². The zero-order valence-electron chi connectivity index (χ0n) is 8.97. The molecule has 3 rings (SSSR count). The molecule has 0 aliphatic carbocycles. The topological polar surface area (TPSA) is 49.4 Å². The number of imide groups is 1. The molecule has 1 saturated heterocycles. The molecule has 0 bridgehead atoms. The van der Waals surface area contributed by atoms with E-state index in [1.54, 1.807) is 16.2 Å². The normalized spacial score (nSPS) is 16.4. The third kappa shape index (κ3) is 1.78. The van der Waals surface area contributed by atoms with Crippen LogP contribution < -0.4 is 10.2 Å². The van der Waals surface area contributed by atoms with Crippen molar-refractivity contribution in [2.75, 3.05) is 11.4 Å². The molecule has 1 aromatic carbocycles. The lowest BCUT2D eigenvalue weighted by molar-refractivity contribution is -0.120. The van der Waals surface area contributed by atoms with Gasteiger partial charge in [0.05, 0.1) is 0 Å². The van der Waals surface area contributed by atoms with E-state index in [1.165, 1.54) is 4.70 Å². The first kappa shape index (κ1) is 10.3. The molecule has 3 amide bonds. The first-order valence-electron chi connectivity index (χ1n) is 5.33. The number of fused-ring (bicyclic) bond motifs is 1. The van der Waals surface area contributed by atoms with Crippen LogP contribution in [0.2, 0.25) is 0 Å². The highest BCUT2D eigenvalue weighted by Gasteiger charge is 2.24. The number of rotatable bonds is 1. The highest BCUT2D eigenvalue weighted by molar-refractivity contribution is 7.17. The molecule has 17 heavy (non-hydrogen) atoms. The van der Waals surface area contributed by atoms with Gasteiger partial charge < -0.3 is 0 Å². The quantitative estimate of drug-likeness (QED) is 0.839. The molecule has 0 unspecified atom stereocenters. The fourth-order valence-electron chi connectivity index (χ4n) is 1.93. The van der Waals surface area contributed by atoms with E-state index in [2.05, 4.69) is 5.32 Å². The number of urea groups is 1. The van der Waals surface area contributed by atoms with Crippen molar-refractivity contribution in [3.05, 3.63) is 29.6 Å². The zero-order chi connectivity index (χ0) is 11.8. The number of nitrogens with zero attached hydrogens (tertiary/aromatic N) is 1. The number of thiophene rings is 1. The van der Waals surface area contributed by atoms with Gasteiger partial charge in [-0.3, -0.25) is 15.0 Å². The fourth-order valence-corrected chi connectivity index (χ4v) is 2.70. The van der Waals surface area contributed by atoms with Crippen molar-refractivity contribution < 1.29 is 9.59 Å². The molecule has 1 aliphatic heterocycles. The Morgan fingerprint density at radius 3 is 2.94 bits per heavy atom. The van der Waals surface area contributed by atoms with Crippen molar-refractivity contribution in [2.45, 2.75) is 6.42 Å². The van der Waals surface area contributed by atoms with Gasteiger partial charge in [-0.2, -0.15) is 0 Å². The molecule has 2 heterocycles. The molecule has 0 saturated carbocycles. The minimum Gasteiger partial charge on any atom is -0.294 e. The minimum absolute atomic E-state index is 0.206. The summed E-state index contributed by atoms with van der Waals surface area (Å²) in [5.74, 6) is -0.206. The van der Waals surface area contributed by atoms with E-state index in [1.807, 2.05) is 29.6 Å². The Morgan fingerprint density at radius 2 is 2.12 bits per heavy atom. The lowest BCUT2D eigenvalue weighted by Crippen LogP contribution is -2.49. The number of nitrogens with one attached hydrogen (secondary N) is 1. The fraction of sp³-hybridized carbons (Fsp3) is 0.167. The summed E-state index contributed by atoms with van der Waals surface area (Å²) in [5, 5.41) is 5.46. The van der Waals surface area contributed by atoms with Gasteiger partial charge in [0.25, 0.3) is 0 Å². The highest BCUT2D eigenvalue weighted by Crippen LogP contribution is 2.26. The van der Waals surface area contributed by atoms with E-state index in [0.29, 0.717) is 13.0 Å². The van der Waals surface area contributed by atoms with Crippen LogP contribution in [0.1, 0.15) is 6.42 Å².